The summed E-state index contributed by atoms with van der Waals surface area (Å²) in [6.45, 7) is 2.04. The molecule has 1 N–H and O–H groups in total. The van der Waals surface area contributed by atoms with Gasteiger partial charge in [-0.05, 0) is 12.0 Å². The first-order valence-corrected chi connectivity index (χ1v) is 8.40. The maximum Gasteiger partial charge on any atom is 0.269 e. The van der Waals surface area contributed by atoms with Gasteiger partial charge in [0.2, 0.25) is 5.78 Å². The molecule has 2 aromatic heterocycles. The summed E-state index contributed by atoms with van der Waals surface area (Å²) in [6.07, 6.45) is 1.63. The van der Waals surface area contributed by atoms with Crippen LogP contribution in [0.25, 0.3) is 5.78 Å². The van der Waals surface area contributed by atoms with E-state index in [4.69, 9.17) is 0 Å². The van der Waals surface area contributed by atoms with Crippen LogP contribution in [0, 0.1) is 10.1 Å². The van der Waals surface area contributed by atoms with Crippen LogP contribution in [-0.4, -0.2) is 24.5 Å². The molecule has 3 aromatic rings. The Hall–Kier alpha value is -2.68. The van der Waals surface area contributed by atoms with Crippen molar-refractivity contribution >= 4 is 23.2 Å². The minimum Gasteiger partial charge on any atom is -0.291 e. The van der Waals surface area contributed by atoms with Crippen molar-refractivity contribution < 1.29 is 4.92 Å². The molecule has 9 heteroatoms. The molecule has 2 heterocycles. The molecule has 3 rings (SSSR count). The number of hydrogen-bond acceptors (Lipinski definition) is 6. The molecule has 0 atom stereocenters. The second-order valence-corrected chi connectivity index (χ2v) is 6.17. The Labute approximate surface area is 141 Å². The standard InChI is InChI=1S/C15H15N5O3S/c1-2-4-11-8-13(21)16-14-17-18-15(19(11)14)24-9-10-5-3-6-12(7-10)20(22)23/h3,5-8H,2,4,9H2,1H3,(H,16,17,21). The number of H-pyrrole nitrogens is 1. The summed E-state index contributed by atoms with van der Waals surface area (Å²) in [6, 6.07) is 8.06. The van der Waals surface area contributed by atoms with Gasteiger partial charge in [0.15, 0.2) is 5.16 Å². The monoisotopic (exact) mass is 345 g/mol. The Morgan fingerprint density at radius 2 is 2.17 bits per heavy atom. The molecule has 0 aliphatic rings. The molecule has 0 aliphatic carbocycles. The highest BCUT2D eigenvalue weighted by Crippen LogP contribution is 2.24. The van der Waals surface area contributed by atoms with Crippen LogP contribution in [0.2, 0.25) is 0 Å². The molecule has 24 heavy (non-hydrogen) atoms. The number of benzene rings is 1. The number of rotatable bonds is 6. The molecule has 0 aliphatic heterocycles. The van der Waals surface area contributed by atoms with Gasteiger partial charge >= 0.3 is 0 Å². The zero-order valence-corrected chi connectivity index (χ0v) is 13.7. The Kier molecular flexibility index (Phi) is 4.61. The molecule has 8 nitrogen and oxygen atoms in total. The lowest BCUT2D eigenvalue weighted by Crippen LogP contribution is -2.11. The van der Waals surface area contributed by atoms with Crippen LogP contribution in [0.4, 0.5) is 5.69 Å². The normalized spacial score (nSPS) is 11.0. The van der Waals surface area contributed by atoms with E-state index < -0.39 is 4.92 Å². The molecule has 0 spiro atoms. The van der Waals surface area contributed by atoms with Gasteiger partial charge in [0.25, 0.3) is 11.2 Å². The van der Waals surface area contributed by atoms with Gasteiger partial charge in [-0.2, -0.15) is 0 Å². The zero-order chi connectivity index (χ0) is 17.1. The van der Waals surface area contributed by atoms with Crippen molar-refractivity contribution in [3.8, 4) is 0 Å². The predicted molar refractivity (Wildman–Crippen MR) is 90.3 cm³/mol. The van der Waals surface area contributed by atoms with Crippen LogP contribution < -0.4 is 5.56 Å². The molecule has 0 fully saturated rings. The number of nitrogens with one attached hydrogen (secondary N) is 1. The number of non-ortho nitro benzene ring substituents is 1. The molecule has 0 amide bonds. The molecular formula is C15H15N5O3S. The number of fused-ring (bicyclic) bond motifs is 1. The van der Waals surface area contributed by atoms with Crippen molar-refractivity contribution in [3.63, 3.8) is 0 Å². The fraction of sp³-hybridized carbons (Fsp3) is 0.267. The van der Waals surface area contributed by atoms with Gasteiger partial charge in [-0.15, -0.1) is 10.2 Å². The third-order valence-electron chi connectivity index (χ3n) is 3.45. The van der Waals surface area contributed by atoms with Crippen molar-refractivity contribution in [3.05, 3.63) is 62.1 Å². The third kappa shape index (κ3) is 3.30. The van der Waals surface area contributed by atoms with Crippen LogP contribution >= 0.6 is 11.8 Å². The number of hydrogen-bond donors (Lipinski definition) is 1. The molecule has 1 aromatic carbocycles. The van der Waals surface area contributed by atoms with Gasteiger partial charge in [0.05, 0.1) is 4.92 Å². The lowest BCUT2D eigenvalue weighted by atomic mass is 10.2. The second-order valence-electron chi connectivity index (χ2n) is 5.23. The van der Waals surface area contributed by atoms with Crippen molar-refractivity contribution in [2.45, 2.75) is 30.7 Å². The minimum atomic E-state index is -0.412. The minimum absolute atomic E-state index is 0.0650. The number of nitrogens with zero attached hydrogens (tertiary/aromatic N) is 4. The molecule has 0 bridgehead atoms. The van der Waals surface area contributed by atoms with Gasteiger partial charge < -0.3 is 0 Å². The van der Waals surface area contributed by atoms with Crippen LogP contribution in [0.3, 0.4) is 0 Å². The first-order chi connectivity index (χ1) is 11.6. The van der Waals surface area contributed by atoms with E-state index >= 15 is 0 Å². The topological polar surface area (TPSA) is 106 Å². The molecule has 0 saturated carbocycles. The first-order valence-electron chi connectivity index (χ1n) is 7.42. The van der Waals surface area contributed by atoms with Crippen LogP contribution in [-0.2, 0) is 12.2 Å². The Bertz CT molecular complexity index is 950. The molecule has 0 radical (unpaired) electrons. The lowest BCUT2D eigenvalue weighted by molar-refractivity contribution is -0.384. The maximum absolute atomic E-state index is 11.7. The largest absolute Gasteiger partial charge is 0.291 e. The van der Waals surface area contributed by atoms with E-state index in [0.717, 1.165) is 24.1 Å². The van der Waals surface area contributed by atoms with Crippen molar-refractivity contribution in [2.24, 2.45) is 0 Å². The van der Waals surface area contributed by atoms with Gasteiger partial charge in [-0.3, -0.25) is 24.3 Å². The SMILES string of the molecule is CCCc1cc(=O)[nH]c2nnc(SCc3cccc([N+](=O)[O-])c3)n12. The van der Waals surface area contributed by atoms with E-state index in [2.05, 4.69) is 15.2 Å². The molecule has 0 saturated heterocycles. The lowest BCUT2D eigenvalue weighted by Gasteiger charge is -2.06. The summed E-state index contributed by atoms with van der Waals surface area (Å²) in [4.78, 5) is 24.8. The van der Waals surface area contributed by atoms with E-state index in [1.807, 2.05) is 17.4 Å². The summed E-state index contributed by atoms with van der Waals surface area (Å²) < 4.78 is 1.83. The highest BCUT2D eigenvalue weighted by atomic mass is 32.2. The fourth-order valence-electron chi connectivity index (χ4n) is 2.41. The quantitative estimate of drug-likeness (QED) is 0.418. The van der Waals surface area contributed by atoms with Crippen LogP contribution in [0.1, 0.15) is 24.6 Å². The number of nitro groups is 1. The third-order valence-corrected chi connectivity index (χ3v) is 4.45. The number of aromatic nitrogens is 4. The highest BCUT2D eigenvalue weighted by molar-refractivity contribution is 7.98. The first kappa shape index (κ1) is 16.2. The highest BCUT2D eigenvalue weighted by Gasteiger charge is 2.12. The Balaban J connectivity index is 1.89. The summed E-state index contributed by atoms with van der Waals surface area (Å²) >= 11 is 1.42. The van der Waals surface area contributed by atoms with Gasteiger partial charge in [0, 0.05) is 29.6 Å². The number of aromatic amines is 1. The van der Waals surface area contributed by atoms with E-state index in [-0.39, 0.29) is 11.2 Å². The molecule has 124 valence electrons. The number of nitro benzene ring substituents is 1. The van der Waals surface area contributed by atoms with E-state index in [9.17, 15) is 14.9 Å². The summed E-state index contributed by atoms with van der Waals surface area (Å²) in [5.74, 6) is 0.931. The van der Waals surface area contributed by atoms with Crippen LogP contribution in [0.15, 0.2) is 40.3 Å². The van der Waals surface area contributed by atoms with E-state index in [1.165, 1.54) is 17.8 Å². The predicted octanol–water partition coefficient (Wildman–Crippen LogP) is 2.57. The summed E-state index contributed by atoms with van der Waals surface area (Å²) in [5.41, 5.74) is 1.54. The van der Waals surface area contributed by atoms with Crippen LogP contribution in [0.5, 0.6) is 0 Å². The number of thioether (sulfide) groups is 1. The molecular weight excluding hydrogens is 330 g/mol. The van der Waals surface area contributed by atoms with Gasteiger partial charge in [-0.1, -0.05) is 37.2 Å². The number of aryl methyl sites for hydroxylation is 1. The Morgan fingerprint density at radius 1 is 1.33 bits per heavy atom. The Morgan fingerprint density at radius 3 is 2.92 bits per heavy atom. The summed E-state index contributed by atoms with van der Waals surface area (Å²) in [7, 11) is 0. The average Bonchev–Trinajstić information content (AvgIpc) is 2.96. The van der Waals surface area contributed by atoms with Gasteiger partial charge in [-0.25, -0.2) is 0 Å². The second kappa shape index (κ2) is 6.83. The fourth-order valence-corrected chi connectivity index (χ4v) is 3.32. The zero-order valence-electron chi connectivity index (χ0n) is 12.9. The average molecular weight is 345 g/mol. The van der Waals surface area contributed by atoms with Crippen molar-refractivity contribution in [2.75, 3.05) is 0 Å². The summed E-state index contributed by atoms with van der Waals surface area (Å²) in [5, 5.41) is 19.6. The van der Waals surface area contributed by atoms with Gasteiger partial charge in [0.1, 0.15) is 0 Å². The van der Waals surface area contributed by atoms with Crippen molar-refractivity contribution in [1.82, 2.24) is 19.6 Å². The smallest absolute Gasteiger partial charge is 0.269 e. The van der Waals surface area contributed by atoms with E-state index in [1.54, 1.807) is 18.2 Å². The maximum atomic E-state index is 11.7. The van der Waals surface area contributed by atoms with E-state index in [0.29, 0.717) is 16.7 Å². The van der Waals surface area contributed by atoms with Crippen molar-refractivity contribution in [1.29, 1.82) is 0 Å². The molecule has 0 unspecified atom stereocenters.